The molecule has 0 aliphatic heterocycles. The largest absolute Gasteiger partial charge is 0.458 e. The van der Waals surface area contributed by atoms with Crippen molar-refractivity contribution in [2.45, 2.75) is 19.2 Å². The lowest BCUT2D eigenvalue weighted by Crippen LogP contribution is -2.20. The van der Waals surface area contributed by atoms with Crippen LogP contribution < -0.4 is 0 Å². The number of aryl methyl sites for hydroxylation is 1. The average molecular weight is 230 g/mol. The van der Waals surface area contributed by atoms with E-state index in [9.17, 15) is 13.2 Å². The highest BCUT2D eigenvalue weighted by Crippen LogP contribution is 2.37. The van der Waals surface area contributed by atoms with Gasteiger partial charge < -0.3 is 9.52 Å². The highest BCUT2D eigenvalue weighted by Gasteiger charge is 2.42. The Balaban J connectivity index is 2.58. The molecule has 1 atom stereocenters. The summed E-state index contributed by atoms with van der Waals surface area (Å²) in [4.78, 5) is 0. The van der Waals surface area contributed by atoms with Gasteiger partial charge in [0.15, 0.2) is 0 Å². The van der Waals surface area contributed by atoms with Crippen LogP contribution in [-0.2, 0) is 0 Å². The van der Waals surface area contributed by atoms with Crippen LogP contribution in [0, 0.1) is 6.92 Å². The van der Waals surface area contributed by atoms with E-state index in [1.807, 2.05) is 0 Å². The zero-order valence-corrected chi connectivity index (χ0v) is 8.38. The molecule has 0 saturated heterocycles. The molecule has 86 valence electrons. The van der Waals surface area contributed by atoms with Gasteiger partial charge in [-0.15, -0.1) is 0 Å². The lowest BCUT2D eigenvalue weighted by atomic mass is 10.1. The lowest BCUT2D eigenvalue weighted by Gasteiger charge is -2.12. The third kappa shape index (κ3) is 1.67. The summed E-state index contributed by atoms with van der Waals surface area (Å²) in [5.74, 6) is -0.436. The fourth-order valence-corrected chi connectivity index (χ4v) is 1.60. The van der Waals surface area contributed by atoms with E-state index in [-0.39, 0.29) is 0 Å². The Morgan fingerprint density at radius 1 is 1.25 bits per heavy atom. The summed E-state index contributed by atoms with van der Waals surface area (Å²) in [6.07, 6.45) is -7.28. The van der Waals surface area contributed by atoms with E-state index in [1.54, 1.807) is 24.3 Å². The molecule has 0 radical (unpaired) electrons. The second-order valence-electron chi connectivity index (χ2n) is 3.53. The van der Waals surface area contributed by atoms with Crippen molar-refractivity contribution in [1.82, 2.24) is 0 Å². The fraction of sp³-hybridized carbons (Fsp3) is 0.273. The quantitative estimate of drug-likeness (QED) is 0.815. The average Bonchev–Trinajstić information content (AvgIpc) is 2.54. The van der Waals surface area contributed by atoms with Gasteiger partial charge in [-0.05, 0) is 13.0 Å². The van der Waals surface area contributed by atoms with Crippen molar-refractivity contribution in [3.8, 4) is 0 Å². The molecule has 2 rings (SSSR count). The second-order valence-corrected chi connectivity index (χ2v) is 3.53. The molecule has 0 aliphatic carbocycles. The topological polar surface area (TPSA) is 33.4 Å². The molecule has 16 heavy (non-hydrogen) atoms. The summed E-state index contributed by atoms with van der Waals surface area (Å²) < 4.78 is 42.0. The number of para-hydroxylation sites is 1. The zero-order chi connectivity index (χ0) is 11.9. The molecule has 0 bridgehead atoms. The molecule has 1 aromatic heterocycles. The first kappa shape index (κ1) is 11.0. The molecule has 0 unspecified atom stereocenters. The van der Waals surface area contributed by atoms with Gasteiger partial charge in [-0.1, -0.05) is 18.2 Å². The number of furan rings is 1. The van der Waals surface area contributed by atoms with Gasteiger partial charge in [0.2, 0.25) is 6.10 Å². The number of rotatable bonds is 1. The molecule has 0 aliphatic rings. The van der Waals surface area contributed by atoms with Gasteiger partial charge in [-0.2, -0.15) is 13.2 Å². The Hall–Kier alpha value is -1.49. The standard InChI is InChI=1S/C11H9F3O2/c1-6-7-4-2-3-5-8(7)16-9(6)10(15)11(12,13)14/h2-5,10,15H,1H3/t10-/m1/s1. The molecule has 2 nitrogen and oxygen atoms in total. The predicted molar refractivity (Wildman–Crippen MR) is 52.0 cm³/mol. The van der Waals surface area contributed by atoms with E-state index in [1.165, 1.54) is 6.92 Å². The van der Waals surface area contributed by atoms with E-state index in [0.29, 0.717) is 16.5 Å². The maximum Gasteiger partial charge on any atom is 0.421 e. The molecule has 1 N–H and O–H groups in total. The van der Waals surface area contributed by atoms with Gasteiger partial charge in [0.1, 0.15) is 11.3 Å². The molecule has 5 heteroatoms. The van der Waals surface area contributed by atoms with E-state index in [0.717, 1.165) is 0 Å². The van der Waals surface area contributed by atoms with Gasteiger partial charge in [0.25, 0.3) is 0 Å². The summed E-state index contributed by atoms with van der Waals surface area (Å²) in [5, 5.41) is 9.70. The number of aliphatic hydroxyl groups is 1. The molecule has 0 fully saturated rings. The van der Waals surface area contributed by atoms with Crippen molar-refractivity contribution in [1.29, 1.82) is 0 Å². The normalized spacial score (nSPS) is 14.3. The monoisotopic (exact) mass is 230 g/mol. The van der Waals surface area contributed by atoms with Crippen molar-refractivity contribution < 1.29 is 22.7 Å². The first-order chi connectivity index (χ1) is 7.41. The minimum Gasteiger partial charge on any atom is -0.458 e. The zero-order valence-electron chi connectivity index (χ0n) is 8.38. The number of hydrogen-bond donors (Lipinski definition) is 1. The van der Waals surface area contributed by atoms with Gasteiger partial charge >= 0.3 is 6.18 Å². The maximum absolute atomic E-state index is 12.3. The minimum atomic E-state index is -4.71. The summed E-state index contributed by atoms with van der Waals surface area (Å²) in [7, 11) is 0. The van der Waals surface area contributed by atoms with Gasteiger partial charge in [0, 0.05) is 10.9 Å². The second kappa shape index (κ2) is 3.52. The molecule has 1 heterocycles. The van der Waals surface area contributed by atoms with Crippen LogP contribution in [-0.4, -0.2) is 11.3 Å². The van der Waals surface area contributed by atoms with Crippen molar-refractivity contribution >= 4 is 11.0 Å². The highest BCUT2D eigenvalue weighted by molar-refractivity contribution is 5.82. The Bertz CT molecular complexity index is 513. The molecule has 1 aromatic carbocycles. The first-order valence-corrected chi connectivity index (χ1v) is 4.64. The predicted octanol–water partition coefficient (Wildman–Crippen LogP) is 3.34. The van der Waals surface area contributed by atoms with Crippen LogP contribution in [0.3, 0.4) is 0 Å². The lowest BCUT2D eigenvalue weighted by molar-refractivity contribution is -0.211. The first-order valence-electron chi connectivity index (χ1n) is 4.64. The van der Waals surface area contributed by atoms with Crippen molar-refractivity contribution in [2.75, 3.05) is 0 Å². The van der Waals surface area contributed by atoms with Gasteiger partial charge in [-0.3, -0.25) is 0 Å². The number of halogens is 3. The highest BCUT2D eigenvalue weighted by atomic mass is 19.4. The van der Waals surface area contributed by atoms with E-state index < -0.39 is 18.0 Å². The Labute approximate surface area is 89.3 Å². The Morgan fingerprint density at radius 3 is 2.44 bits per heavy atom. The van der Waals surface area contributed by atoms with Crippen LogP contribution in [0.15, 0.2) is 28.7 Å². The van der Waals surface area contributed by atoms with Crippen LogP contribution in [0.4, 0.5) is 13.2 Å². The summed E-state index contributed by atoms with van der Waals surface area (Å²) >= 11 is 0. The SMILES string of the molecule is Cc1c([C@@H](O)C(F)(F)F)oc2ccccc12. The molecular formula is C11H9F3O2. The van der Waals surface area contributed by atoms with Crippen molar-refractivity contribution in [2.24, 2.45) is 0 Å². The number of benzene rings is 1. The van der Waals surface area contributed by atoms with Crippen LogP contribution >= 0.6 is 0 Å². The molecule has 0 amide bonds. The third-order valence-electron chi connectivity index (χ3n) is 2.44. The number of aliphatic hydroxyl groups excluding tert-OH is 1. The van der Waals surface area contributed by atoms with Crippen LogP contribution in [0.5, 0.6) is 0 Å². The minimum absolute atomic E-state index is 0.320. The maximum atomic E-state index is 12.3. The van der Waals surface area contributed by atoms with Crippen molar-refractivity contribution in [3.05, 3.63) is 35.6 Å². The number of hydrogen-bond acceptors (Lipinski definition) is 2. The van der Waals surface area contributed by atoms with Crippen LogP contribution in [0.25, 0.3) is 11.0 Å². The number of alkyl halides is 3. The van der Waals surface area contributed by atoms with Gasteiger partial charge in [0.05, 0.1) is 0 Å². The number of fused-ring (bicyclic) bond motifs is 1. The van der Waals surface area contributed by atoms with Crippen LogP contribution in [0.2, 0.25) is 0 Å². The van der Waals surface area contributed by atoms with Crippen LogP contribution in [0.1, 0.15) is 17.4 Å². The fourth-order valence-electron chi connectivity index (χ4n) is 1.60. The van der Waals surface area contributed by atoms with E-state index in [4.69, 9.17) is 9.52 Å². The van der Waals surface area contributed by atoms with E-state index >= 15 is 0 Å². The third-order valence-corrected chi connectivity index (χ3v) is 2.44. The Morgan fingerprint density at radius 2 is 1.88 bits per heavy atom. The van der Waals surface area contributed by atoms with Crippen molar-refractivity contribution in [3.63, 3.8) is 0 Å². The van der Waals surface area contributed by atoms with Gasteiger partial charge in [-0.25, -0.2) is 0 Å². The molecular weight excluding hydrogens is 221 g/mol. The molecule has 2 aromatic rings. The van der Waals surface area contributed by atoms with E-state index in [2.05, 4.69) is 0 Å². The summed E-state index contributed by atoms with van der Waals surface area (Å²) in [6.45, 7) is 1.50. The summed E-state index contributed by atoms with van der Waals surface area (Å²) in [5.41, 5.74) is 0.665. The summed E-state index contributed by atoms with van der Waals surface area (Å²) in [6, 6.07) is 6.58. The Kier molecular flexibility index (Phi) is 2.42. The molecule has 0 spiro atoms. The molecule has 0 saturated carbocycles. The smallest absolute Gasteiger partial charge is 0.421 e.